The number of halogens is 4. The topological polar surface area (TPSA) is 32.3 Å². The number of aliphatic hydroxyl groups is 1. The predicted molar refractivity (Wildman–Crippen MR) is 84.1 cm³/mol. The summed E-state index contributed by atoms with van der Waals surface area (Å²) in [4.78, 5) is 0. The Morgan fingerprint density at radius 2 is 1.76 bits per heavy atom. The van der Waals surface area contributed by atoms with Crippen LogP contribution >= 0.6 is 22.6 Å². The van der Waals surface area contributed by atoms with Gasteiger partial charge in [-0.15, -0.1) is 0 Å². The van der Waals surface area contributed by atoms with Gasteiger partial charge in [-0.2, -0.15) is 13.2 Å². The first-order chi connectivity index (χ1) is 9.86. The Morgan fingerprint density at radius 3 is 2.38 bits per heavy atom. The summed E-state index contributed by atoms with van der Waals surface area (Å²) >= 11 is 2.17. The van der Waals surface area contributed by atoms with Crippen LogP contribution in [0.3, 0.4) is 0 Å². The van der Waals surface area contributed by atoms with Crippen LogP contribution in [0.25, 0.3) is 0 Å². The molecule has 0 aliphatic heterocycles. The van der Waals surface area contributed by atoms with Gasteiger partial charge in [0.25, 0.3) is 0 Å². The fourth-order valence-corrected chi connectivity index (χ4v) is 2.18. The van der Waals surface area contributed by atoms with E-state index in [1.54, 1.807) is 0 Å². The minimum atomic E-state index is -4.40. The number of aliphatic hydroxyl groups excluding tert-OH is 1. The zero-order chi connectivity index (χ0) is 15.5. The van der Waals surface area contributed by atoms with Crippen molar-refractivity contribution in [2.75, 3.05) is 11.9 Å². The molecule has 0 spiro atoms. The van der Waals surface area contributed by atoms with E-state index in [0.717, 1.165) is 21.4 Å². The van der Waals surface area contributed by atoms with Crippen LogP contribution in [0, 0.1) is 3.57 Å². The second-order valence-electron chi connectivity index (χ2n) is 4.53. The highest BCUT2D eigenvalue weighted by Crippen LogP contribution is 2.30. The Kier molecular flexibility index (Phi) is 5.10. The highest BCUT2D eigenvalue weighted by Gasteiger charge is 2.30. The van der Waals surface area contributed by atoms with Crippen molar-refractivity contribution < 1.29 is 18.3 Å². The van der Waals surface area contributed by atoms with E-state index in [0.29, 0.717) is 0 Å². The average Bonchev–Trinajstić information content (AvgIpc) is 2.45. The number of hydrogen-bond donors (Lipinski definition) is 2. The van der Waals surface area contributed by atoms with Gasteiger partial charge in [-0.3, -0.25) is 0 Å². The number of anilines is 1. The minimum Gasteiger partial charge on any atom is -0.387 e. The van der Waals surface area contributed by atoms with Gasteiger partial charge < -0.3 is 10.4 Å². The van der Waals surface area contributed by atoms with Gasteiger partial charge in [0.05, 0.1) is 11.7 Å². The van der Waals surface area contributed by atoms with E-state index in [-0.39, 0.29) is 12.1 Å². The van der Waals surface area contributed by atoms with Crippen molar-refractivity contribution in [2.45, 2.75) is 12.3 Å². The Labute approximate surface area is 134 Å². The van der Waals surface area contributed by atoms with Gasteiger partial charge in [-0.05, 0) is 64.6 Å². The van der Waals surface area contributed by atoms with Gasteiger partial charge in [0.2, 0.25) is 0 Å². The molecule has 0 saturated heterocycles. The van der Waals surface area contributed by atoms with E-state index in [2.05, 4.69) is 27.9 Å². The number of benzene rings is 2. The summed E-state index contributed by atoms with van der Waals surface area (Å²) in [7, 11) is 0. The SMILES string of the molecule is OC(CNc1ccc(I)cc1)c1cccc(C(F)(F)F)c1. The minimum absolute atomic E-state index is 0.141. The first kappa shape index (κ1) is 16.1. The molecule has 1 atom stereocenters. The lowest BCUT2D eigenvalue weighted by molar-refractivity contribution is -0.137. The number of nitrogens with one attached hydrogen (secondary N) is 1. The molecule has 112 valence electrons. The largest absolute Gasteiger partial charge is 0.416 e. The van der Waals surface area contributed by atoms with Crippen LogP contribution in [-0.2, 0) is 6.18 Å². The predicted octanol–water partition coefficient (Wildman–Crippen LogP) is 4.46. The first-order valence-electron chi connectivity index (χ1n) is 6.21. The molecule has 0 bridgehead atoms. The quantitative estimate of drug-likeness (QED) is 0.734. The maximum atomic E-state index is 12.6. The molecule has 0 aliphatic carbocycles. The van der Waals surface area contributed by atoms with Gasteiger partial charge >= 0.3 is 6.18 Å². The van der Waals surface area contributed by atoms with Gasteiger partial charge in [0.1, 0.15) is 0 Å². The molecular weight excluding hydrogens is 394 g/mol. The summed E-state index contributed by atoms with van der Waals surface area (Å²) in [6.45, 7) is 0.141. The third-order valence-electron chi connectivity index (χ3n) is 2.94. The van der Waals surface area contributed by atoms with Gasteiger partial charge in [-0.25, -0.2) is 0 Å². The molecule has 2 N–H and O–H groups in total. The van der Waals surface area contributed by atoms with Crippen molar-refractivity contribution in [2.24, 2.45) is 0 Å². The molecule has 2 nitrogen and oxygen atoms in total. The lowest BCUT2D eigenvalue weighted by Crippen LogP contribution is -2.13. The number of hydrogen-bond acceptors (Lipinski definition) is 2. The second-order valence-corrected chi connectivity index (χ2v) is 5.77. The summed E-state index contributed by atoms with van der Waals surface area (Å²) in [5.74, 6) is 0. The summed E-state index contributed by atoms with van der Waals surface area (Å²) < 4.78 is 38.9. The molecule has 21 heavy (non-hydrogen) atoms. The van der Waals surface area contributed by atoms with Gasteiger partial charge in [0, 0.05) is 15.8 Å². The van der Waals surface area contributed by atoms with Crippen molar-refractivity contribution >= 4 is 28.3 Å². The molecular formula is C15H13F3INO. The molecule has 0 radical (unpaired) electrons. The maximum Gasteiger partial charge on any atom is 0.416 e. The van der Waals surface area contributed by atoms with Crippen LogP contribution < -0.4 is 5.32 Å². The number of alkyl halides is 3. The van der Waals surface area contributed by atoms with Crippen molar-refractivity contribution in [3.8, 4) is 0 Å². The van der Waals surface area contributed by atoms with Crippen LogP contribution in [0.1, 0.15) is 17.2 Å². The van der Waals surface area contributed by atoms with Crippen molar-refractivity contribution in [1.82, 2.24) is 0 Å². The molecule has 1 unspecified atom stereocenters. The smallest absolute Gasteiger partial charge is 0.387 e. The second kappa shape index (κ2) is 6.65. The standard InChI is InChI=1S/C15H13F3INO/c16-15(17,18)11-3-1-2-10(8-11)14(21)9-20-13-6-4-12(19)5-7-13/h1-8,14,20-21H,9H2. The molecule has 0 aromatic heterocycles. The summed E-state index contributed by atoms with van der Waals surface area (Å²) in [5.41, 5.74) is 0.289. The van der Waals surface area contributed by atoms with E-state index in [9.17, 15) is 18.3 Å². The zero-order valence-corrected chi connectivity index (χ0v) is 13.0. The lowest BCUT2D eigenvalue weighted by atomic mass is 10.1. The van der Waals surface area contributed by atoms with Crippen LogP contribution in [0.15, 0.2) is 48.5 Å². The molecule has 2 aromatic rings. The van der Waals surface area contributed by atoms with E-state index < -0.39 is 17.8 Å². The van der Waals surface area contributed by atoms with Crippen LogP contribution in [0.4, 0.5) is 18.9 Å². The van der Waals surface area contributed by atoms with Crippen molar-refractivity contribution in [3.63, 3.8) is 0 Å². The molecule has 0 saturated carbocycles. The zero-order valence-electron chi connectivity index (χ0n) is 10.9. The fourth-order valence-electron chi connectivity index (χ4n) is 1.82. The molecule has 2 aromatic carbocycles. The fraction of sp³-hybridized carbons (Fsp3) is 0.200. The highest BCUT2D eigenvalue weighted by atomic mass is 127. The van der Waals surface area contributed by atoms with Crippen LogP contribution in [0.2, 0.25) is 0 Å². The molecule has 0 amide bonds. The van der Waals surface area contributed by atoms with E-state index >= 15 is 0 Å². The Balaban J connectivity index is 2.03. The van der Waals surface area contributed by atoms with E-state index in [1.165, 1.54) is 12.1 Å². The monoisotopic (exact) mass is 407 g/mol. The van der Waals surface area contributed by atoms with Crippen molar-refractivity contribution in [3.05, 3.63) is 63.2 Å². The third-order valence-corrected chi connectivity index (χ3v) is 3.66. The number of rotatable bonds is 4. The van der Waals surface area contributed by atoms with E-state index in [1.807, 2.05) is 24.3 Å². The van der Waals surface area contributed by atoms with Crippen LogP contribution in [0.5, 0.6) is 0 Å². The third kappa shape index (κ3) is 4.60. The summed E-state index contributed by atoms with van der Waals surface area (Å²) in [6.07, 6.45) is -5.41. The van der Waals surface area contributed by atoms with Gasteiger partial charge in [-0.1, -0.05) is 12.1 Å². The van der Waals surface area contributed by atoms with Crippen LogP contribution in [-0.4, -0.2) is 11.7 Å². The Morgan fingerprint density at radius 1 is 1.10 bits per heavy atom. The molecule has 0 heterocycles. The highest BCUT2D eigenvalue weighted by molar-refractivity contribution is 14.1. The van der Waals surface area contributed by atoms with Crippen molar-refractivity contribution in [1.29, 1.82) is 0 Å². The van der Waals surface area contributed by atoms with E-state index in [4.69, 9.17) is 0 Å². The average molecular weight is 407 g/mol. The molecule has 0 aliphatic rings. The summed E-state index contributed by atoms with van der Waals surface area (Å²) in [5, 5.41) is 13.0. The Bertz CT molecular complexity index is 599. The molecule has 2 rings (SSSR count). The summed E-state index contributed by atoms with van der Waals surface area (Å²) in [6, 6.07) is 12.2. The first-order valence-corrected chi connectivity index (χ1v) is 7.29. The molecule has 0 fully saturated rings. The lowest BCUT2D eigenvalue weighted by Gasteiger charge is -2.15. The van der Waals surface area contributed by atoms with Gasteiger partial charge in [0.15, 0.2) is 0 Å². The normalized spacial score (nSPS) is 13.0. The molecule has 6 heteroatoms. The maximum absolute atomic E-state index is 12.6. The Hall–Kier alpha value is -1.28.